The molecule has 5 N–H and O–H groups in total. The largest absolute Gasteiger partial charge is 0.394 e. The summed E-state index contributed by atoms with van der Waals surface area (Å²) in [5.74, 6) is -0.777. The van der Waals surface area contributed by atoms with Crippen LogP contribution in [0.5, 0.6) is 0 Å². The zero-order valence-corrected chi connectivity index (χ0v) is 15.5. The lowest BCUT2D eigenvalue weighted by Crippen LogP contribution is -2.37. The predicted molar refractivity (Wildman–Crippen MR) is 102 cm³/mol. The third kappa shape index (κ3) is 3.77. The smallest absolute Gasteiger partial charge is 0.253 e. The highest BCUT2D eigenvalue weighted by molar-refractivity contribution is 7.85. The van der Waals surface area contributed by atoms with Gasteiger partial charge in [0.2, 0.25) is 5.03 Å². The van der Waals surface area contributed by atoms with Crippen molar-refractivity contribution in [1.29, 1.82) is 0 Å². The van der Waals surface area contributed by atoms with Crippen LogP contribution in [0.4, 0.5) is 21.5 Å². The van der Waals surface area contributed by atoms with E-state index in [0.29, 0.717) is 0 Å². The second kappa shape index (κ2) is 7.86. The number of amidine groups is 1. The van der Waals surface area contributed by atoms with Gasteiger partial charge in [0, 0.05) is 12.3 Å². The number of aliphatic imine (C=N–C) groups is 1. The standard InChI is InChI=1S/C15H12ClFN6O4S/c16-7-5-6(1-2-8(7)17)21-14(19)11-15(23-27-22-11)28(26)4-3-20-10-9(18)12(24)13(10)25/h1-2,5,20H,3-4,18H2,(H2,19,21). The first-order valence-electron chi connectivity index (χ1n) is 7.62. The lowest BCUT2D eigenvalue weighted by molar-refractivity contribution is 0.297. The van der Waals surface area contributed by atoms with E-state index in [1.807, 2.05) is 0 Å². The Labute approximate surface area is 163 Å². The Hall–Kier alpha value is -3.12. The number of halogens is 2. The van der Waals surface area contributed by atoms with Gasteiger partial charge in [-0.2, -0.15) is 0 Å². The Morgan fingerprint density at radius 1 is 1.32 bits per heavy atom. The first kappa shape index (κ1) is 19.6. The Morgan fingerprint density at radius 3 is 2.75 bits per heavy atom. The molecule has 13 heteroatoms. The summed E-state index contributed by atoms with van der Waals surface area (Å²) < 4.78 is 30.2. The second-order valence-corrected chi connectivity index (χ2v) is 7.33. The molecule has 0 aliphatic rings. The van der Waals surface area contributed by atoms with Gasteiger partial charge in [-0.3, -0.25) is 13.8 Å². The van der Waals surface area contributed by atoms with Crippen molar-refractivity contribution in [2.45, 2.75) is 5.03 Å². The lowest BCUT2D eigenvalue weighted by Gasteiger charge is -2.09. The number of anilines is 2. The number of hydrogen-bond acceptors (Lipinski definition) is 9. The molecule has 1 atom stereocenters. The van der Waals surface area contributed by atoms with Crippen LogP contribution >= 0.6 is 11.6 Å². The van der Waals surface area contributed by atoms with E-state index in [0.717, 1.165) is 6.07 Å². The maximum absolute atomic E-state index is 13.2. The Bertz CT molecular complexity index is 1170. The molecule has 3 aromatic rings. The van der Waals surface area contributed by atoms with Crippen molar-refractivity contribution in [3.05, 3.63) is 55.2 Å². The quantitative estimate of drug-likeness (QED) is 0.273. The highest BCUT2D eigenvalue weighted by atomic mass is 35.5. The molecule has 1 aromatic heterocycles. The van der Waals surface area contributed by atoms with Gasteiger partial charge in [0.25, 0.3) is 10.9 Å². The number of aromatic nitrogens is 2. The number of nitrogen functional groups attached to an aromatic ring is 1. The van der Waals surface area contributed by atoms with Crippen molar-refractivity contribution in [1.82, 2.24) is 10.3 Å². The van der Waals surface area contributed by atoms with Crippen molar-refractivity contribution < 1.29 is 13.2 Å². The first-order chi connectivity index (χ1) is 13.3. The number of rotatable bonds is 7. The van der Waals surface area contributed by atoms with E-state index in [4.69, 9.17) is 23.1 Å². The molecule has 3 rings (SSSR count). The molecule has 0 radical (unpaired) electrons. The van der Waals surface area contributed by atoms with Gasteiger partial charge in [0.1, 0.15) is 17.2 Å². The summed E-state index contributed by atoms with van der Waals surface area (Å²) in [6.45, 7) is 0.0680. The number of nitrogens with one attached hydrogen (secondary N) is 1. The van der Waals surface area contributed by atoms with Gasteiger partial charge >= 0.3 is 0 Å². The fourth-order valence-electron chi connectivity index (χ4n) is 2.18. The minimum atomic E-state index is -1.71. The Morgan fingerprint density at radius 2 is 2.07 bits per heavy atom. The summed E-state index contributed by atoms with van der Waals surface area (Å²) in [6, 6.07) is 3.72. The molecular formula is C15H12ClFN6O4S. The molecule has 1 heterocycles. The minimum Gasteiger partial charge on any atom is -0.394 e. The maximum atomic E-state index is 13.2. The third-order valence-corrected chi connectivity index (χ3v) is 5.17. The van der Waals surface area contributed by atoms with E-state index >= 15 is 0 Å². The summed E-state index contributed by atoms with van der Waals surface area (Å²) in [6.07, 6.45) is 0. The van der Waals surface area contributed by atoms with Crippen LogP contribution in [0.3, 0.4) is 0 Å². The SMILES string of the molecule is NC(=Nc1ccc(F)c(Cl)c1)c1nonc1S(=O)CCNc1c(N)c(=O)c1=O. The molecule has 0 spiro atoms. The molecule has 10 nitrogen and oxygen atoms in total. The van der Waals surface area contributed by atoms with Crippen LogP contribution in [0.2, 0.25) is 5.02 Å². The van der Waals surface area contributed by atoms with Crippen molar-refractivity contribution in [3.63, 3.8) is 0 Å². The molecule has 0 aliphatic heterocycles. The fourth-order valence-corrected chi connectivity index (χ4v) is 3.31. The Balaban J connectivity index is 1.71. The van der Waals surface area contributed by atoms with E-state index in [1.54, 1.807) is 0 Å². The van der Waals surface area contributed by atoms with Crippen molar-refractivity contribution in [2.24, 2.45) is 10.7 Å². The summed E-state index contributed by atoms with van der Waals surface area (Å²) in [7, 11) is -1.71. The van der Waals surface area contributed by atoms with Crippen LogP contribution in [-0.4, -0.2) is 32.7 Å². The van der Waals surface area contributed by atoms with Crippen LogP contribution in [0.15, 0.2) is 42.4 Å². The molecule has 0 bridgehead atoms. The molecule has 0 fully saturated rings. The minimum absolute atomic E-state index is 0.00484. The number of nitrogens with two attached hydrogens (primary N) is 2. The Kier molecular flexibility index (Phi) is 5.51. The van der Waals surface area contributed by atoms with E-state index in [1.165, 1.54) is 12.1 Å². The fraction of sp³-hybridized carbons (Fsp3) is 0.133. The van der Waals surface area contributed by atoms with Crippen LogP contribution in [-0.2, 0) is 10.8 Å². The van der Waals surface area contributed by atoms with Gasteiger partial charge in [0.15, 0.2) is 11.5 Å². The zero-order chi connectivity index (χ0) is 20.4. The van der Waals surface area contributed by atoms with Crippen LogP contribution < -0.4 is 27.6 Å². The van der Waals surface area contributed by atoms with Crippen LogP contribution in [0.1, 0.15) is 5.69 Å². The zero-order valence-electron chi connectivity index (χ0n) is 13.9. The van der Waals surface area contributed by atoms with E-state index in [9.17, 15) is 18.2 Å². The summed E-state index contributed by atoms with van der Waals surface area (Å²) in [4.78, 5) is 26.4. The monoisotopic (exact) mass is 426 g/mol. The summed E-state index contributed by atoms with van der Waals surface area (Å²) in [5, 5.41) is 9.60. The molecule has 28 heavy (non-hydrogen) atoms. The molecule has 1 unspecified atom stereocenters. The molecule has 146 valence electrons. The van der Waals surface area contributed by atoms with Crippen LogP contribution in [0, 0.1) is 5.82 Å². The second-order valence-electron chi connectivity index (χ2n) is 5.44. The molecule has 2 aromatic carbocycles. The number of hydrogen-bond donors (Lipinski definition) is 3. The van der Waals surface area contributed by atoms with Gasteiger partial charge in [-0.1, -0.05) is 11.6 Å². The highest BCUT2D eigenvalue weighted by Gasteiger charge is 2.21. The van der Waals surface area contributed by atoms with Gasteiger partial charge in [0.05, 0.1) is 21.5 Å². The predicted octanol–water partition coefficient (Wildman–Crippen LogP) is 0.297. The number of benzene rings is 1. The van der Waals surface area contributed by atoms with Gasteiger partial charge in [-0.25, -0.2) is 14.0 Å². The summed E-state index contributed by atoms with van der Waals surface area (Å²) >= 11 is 5.69. The average molecular weight is 427 g/mol. The molecular weight excluding hydrogens is 415 g/mol. The third-order valence-electron chi connectivity index (χ3n) is 3.61. The van der Waals surface area contributed by atoms with E-state index < -0.39 is 27.5 Å². The van der Waals surface area contributed by atoms with Crippen LogP contribution in [0.25, 0.3) is 0 Å². The van der Waals surface area contributed by atoms with Crippen molar-refractivity contribution >= 4 is 45.3 Å². The lowest BCUT2D eigenvalue weighted by atomic mass is 10.2. The van der Waals surface area contributed by atoms with E-state index in [2.05, 4.69) is 25.3 Å². The van der Waals surface area contributed by atoms with Gasteiger partial charge < -0.3 is 16.8 Å². The molecule has 0 aliphatic carbocycles. The van der Waals surface area contributed by atoms with Crippen molar-refractivity contribution in [2.75, 3.05) is 23.3 Å². The normalized spacial score (nSPS) is 13.0. The van der Waals surface area contributed by atoms with Gasteiger partial charge in [-0.05, 0) is 28.5 Å². The average Bonchev–Trinajstić information content (AvgIpc) is 3.17. The molecule has 0 amide bonds. The maximum Gasteiger partial charge on any atom is 0.253 e. The summed E-state index contributed by atoms with van der Waals surface area (Å²) in [5.41, 5.74) is 9.81. The van der Waals surface area contributed by atoms with Crippen molar-refractivity contribution in [3.8, 4) is 0 Å². The number of nitrogens with zero attached hydrogens (tertiary/aromatic N) is 3. The molecule has 0 saturated heterocycles. The van der Waals surface area contributed by atoms with Gasteiger partial charge in [-0.15, -0.1) is 0 Å². The highest BCUT2D eigenvalue weighted by Crippen LogP contribution is 2.22. The van der Waals surface area contributed by atoms with E-state index in [-0.39, 0.29) is 50.9 Å². The first-order valence-corrected chi connectivity index (χ1v) is 9.32. The molecule has 0 saturated carbocycles. The topological polar surface area (TPSA) is 167 Å².